The highest BCUT2D eigenvalue weighted by Crippen LogP contribution is 2.29. The monoisotopic (exact) mass is 312 g/mol. The second-order valence-corrected chi connectivity index (χ2v) is 2.94. The number of hydrogen-bond acceptors (Lipinski definition) is 0. The molecule has 0 aliphatic heterocycles. The van der Waals surface area contributed by atoms with Crippen molar-refractivity contribution in [2.75, 3.05) is 0 Å². The van der Waals surface area contributed by atoms with Crippen molar-refractivity contribution in [3.05, 3.63) is 21.9 Å². The Morgan fingerprint density at radius 1 is 0.812 bits per heavy atom. The van der Waals surface area contributed by atoms with Gasteiger partial charge in [-0.2, -0.15) is 26.3 Å². The van der Waals surface area contributed by atoms with Gasteiger partial charge in [-0.15, -0.1) is 0 Å². The summed E-state index contributed by atoms with van der Waals surface area (Å²) in [5.41, 5.74) is 0.279. The average Bonchev–Trinajstić information content (AvgIpc) is 2.13. The third-order valence-corrected chi connectivity index (χ3v) is 1.68. The third kappa shape index (κ3) is 9.11. The largest absolute Gasteiger partial charge is 0.429 e. The number of halogens is 10. The van der Waals surface area contributed by atoms with E-state index in [0.717, 1.165) is 0 Å². The van der Waals surface area contributed by atoms with Crippen LogP contribution in [0.2, 0.25) is 0 Å². The van der Waals surface area contributed by atoms with Gasteiger partial charge in [-0.3, -0.25) is 0 Å². The fourth-order valence-electron chi connectivity index (χ4n) is 0.124. The fraction of sp³-hybridized carbons (Fsp3) is 0.333. The average molecular weight is 313 g/mol. The molecule has 0 aliphatic carbocycles. The molecule has 0 aromatic rings. The van der Waals surface area contributed by atoms with Crippen molar-refractivity contribution in [3.8, 4) is 0 Å². The van der Waals surface area contributed by atoms with Crippen molar-refractivity contribution < 1.29 is 30.7 Å². The quantitative estimate of drug-likeness (QED) is 0.520. The summed E-state index contributed by atoms with van der Waals surface area (Å²) in [4.78, 5) is 0. The van der Waals surface area contributed by atoms with Gasteiger partial charge in [0.15, 0.2) is 0 Å². The smallest absolute Gasteiger partial charge is 0.214 e. The summed E-state index contributed by atoms with van der Waals surface area (Å²) in [6, 6.07) is 0. The summed E-state index contributed by atoms with van der Waals surface area (Å²) in [7, 11) is 0. The van der Waals surface area contributed by atoms with E-state index in [4.69, 9.17) is 0 Å². The van der Waals surface area contributed by atoms with Crippen LogP contribution in [0.1, 0.15) is 0 Å². The lowest BCUT2D eigenvalue weighted by Gasteiger charge is -1.99. The summed E-state index contributed by atoms with van der Waals surface area (Å²) in [6.07, 6.45) is -9.93. The van der Waals surface area contributed by atoms with Crippen molar-refractivity contribution >= 4 is 34.8 Å². The first kappa shape index (κ1) is 18.2. The Morgan fingerprint density at radius 3 is 1.12 bits per heavy atom. The lowest BCUT2D eigenvalue weighted by Crippen LogP contribution is -2.05. The summed E-state index contributed by atoms with van der Waals surface area (Å²) in [5, 5.41) is -3.04. The molecule has 0 heterocycles. The Kier molecular flexibility index (Phi) is 8.25. The van der Waals surface area contributed by atoms with Crippen molar-refractivity contribution in [2.45, 2.75) is 12.4 Å². The van der Waals surface area contributed by atoms with E-state index in [9.17, 15) is 30.7 Å². The highest BCUT2D eigenvalue weighted by atomic mass is 35.5. The lowest BCUT2D eigenvalue weighted by atomic mass is 10.6. The molecule has 0 fully saturated rings. The molecule has 0 saturated heterocycles. The normalized spacial score (nSPS) is 14.4. The highest BCUT2D eigenvalue weighted by molar-refractivity contribution is 6.37. The van der Waals surface area contributed by atoms with Gasteiger partial charge in [0.25, 0.3) is 0 Å². The van der Waals surface area contributed by atoms with Gasteiger partial charge in [-0.25, -0.2) is 4.39 Å². The van der Waals surface area contributed by atoms with Crippen LogP contribution in [0.25, 0.3) is 0 Å². The Labute approximate surface area is 100 Å². The van der Waals surface area contributed by atoms with Gasteiger partial charge in [0.05, 0.1) is 0 Å². The number of hydrogen-bond donors (Lipinski definition) is 0. The van der Waals surface area contributed by atoms with Crippen molar-refractivity contribution in [1.82, 2.24) is 0 Å². The molecule has 0 atom stereocenters. The Morgan fingerprint density at radius 2 is 1.12 bits per heavy atom. The molecule has 0 amide bonds. The van der Waals surface area contributed by atoms with Gasteiger partial charge >= 0.3 is 12.4 Å². The minimum atomic E-state index is -4.74. The molecule has 0 N–H and O–H groups in total. The molecule has 16 heavy (non-hydrogen) atoms. The van der Waals surface area contributed by atoms with E-state index < -0.39 is 28.7 Å². The van der Waals surface area contributed by atoms with E-state index in [2.05, 4.69) is 34.8 Å². The molecule has 0 spiro atoms. The van der Waals surface area contributed by atoms with Gasteiger partial charge < -0.3 is 0 Å². The third-order valence-electron chi connectivity index (χ3n) is 0.733. The zero-order valence-electron chi connectivity index (χ0n) is 6.93. The number of allylic oxidation sites excluding steroid dienone is 2. The molecule has 0 radical (unpaired) electrons. The van der Waals surface area contributed by atoms with Gasteiger partial charge in [-0.05, 0) is 0 Å². The van der Waals surface area contributed by atoms with Crippen LogP contribution in [-0.4, -0.2) is 12.4 Å². The van der Waals surface area contributed by atoms with Crippen molar-refractivity contribution in [1.29, 1.82) is 0 Å². The first-order chi connectivity index (χ1) is 6.96. The number of rotatable bonds is 0. The molecule has 0 nitrogen and oxygen atoms in total. The van der Waals surface area contributed by atoms with E-state index in [1.165, 1.54) is 0 Å². The summed E-state index contributed by atoms with van der Waals surface area (Å²) in [5.74, 6) is 0. The molecule has 0 bridgehead atoms. The maximum absolute atomic E-state index is 11.2. The van der Waals surface area contributed by atoms with Crippen LogP contribution in [-0.2, 0) is 0 Å². The second-order valence-electron chi connectivity index (χ2n) is 1.91. The maximum Gasteiger partial charge on any atom is 0.429 e. The molecule has 0 aromatic heterocycles. The molecule has 0 unspecified atom stereocenters. The second kappa shape index (κ2) is 7.24. The van der Waals surface area contributed by atoms with E-state index in [0.29, 0.717) is 0 Å². The Hall–Kier alpha value is -0.140. The van der Waals surface area contributed by atoms with Crippen molar-refractivity contribution in [2.24, 2.45) is 0 Å². The topological polar surface area (TPSA) is 0 Å². The van der Waals surface area contributed by atoms with E-state index >= 15 is 0 Å². The summed E-state index contributed by atoms with van der Waals surface area (Å²) in [6.45, 7) is 0. The minimum Gasteiger partial charge on any atom is -0.214 e. The first-order valence-electron chi connectivity index (χ1n) is 3.03. The van der Waals surface area contributed by atoms with E-state index in [1.807, 2.05) is 0 Å². The van der Waals surface area contributed by atoms with Crippen LogP contribution < -0.4 is 0 Å². The van der Waals surface area contributed by atoms with E-state index in [1.54, 1.807) is 0 Å². The van der Waals surface area contributed by atoms with Crippen molar-refractivity contribution in [3.63, 3.8) is 0 Å². The zero-order valence-corrected chi connectivity index (χ0v) is 9.20. The molecule has 0 aromatic carbocycles. The summed E-state index contributed by atoms with van der Waals surface area (Å²) < 4.78 is 77.4. The van der Waals surface area contributed by atoms with Crippen LogP contribution in [0, 0.1) is 0 Å². The van der Waals surface area contributed by atoms with Gasteiger partial charge in [0, 0.05) is 5.54 Å². The Bertz CT molecular complexity index is 234. The molecular formula is C6H2Cl3F7. The maximum atomic E-state index is 11.2. The van der Waals surface area contributed by atoms with Gasteiger partial charge in [0.1, 0.15) is 16.4 Å². The van der Waals surface area contributed by atoms with E-state index in [-0.39, 0.29) is 5.54 Å². The zero-order chi connectivity index (χ0) is 13.6. The lowest BCUT2D eigenvalue weighted by molar-refractivity contribution is -0.0859. The molecule has 0 aliphatic rings. The molecular weight excluding hydrogens is 311 g/mol. The number of alkyl halides is 6. The van der Waals surface area contributed by atoms with Gasteiger partial charge in [0.2, 0.25) is 0 Å². The molecule has 10 heteroatoms. The predicted octanol–water partition coefficient (Wildman–Crippen LogP) is 5.47. The predicted molar refractivity (Wildman–Crippen MR) is 46.9 cm³/mol. The summed E-state index contributed by atoms with van der Waals surface area (Å²) >= 11 is 13.5. The van der Waals surface area contributed by atoms with Crippen LogP contribution in [0.15, 0.2) is 21.9 Å². The SMILES string of the molecule is FC(F)(F)C(Cl)=CCl.FC=C(Cl)C(F)(F)F. The first-order valence-corrected chi connectivity index (χ1v) is 4.22. The van der Waals surface area contributed by atoms with Crippen LogP contribution in [0.4, 0.5) is 30.7 Å². The standard InChI is InChI=1S/C3HCl2F3.C3HClF4/c4-1-2(5)3(6,7)8;4-2(1-5)3(6,7)8/h2*1H. The van der Waals surface area contributed by atoms with Crippen LogP contribution in [0.3, 0.4) is 0 Å². The van der Waals surface area contributed by atoms with Gasteiger partial charge in [-0.1, -0.05) is 34.8 Å². The molecule has 0 rings (SSSR count). The van der Waals surface area contributed by atoms with Crippen LogP contribution >= 0.6 is 34.8 Å². The van der Waals surface area contributed by atoms with Crippen LogP contribution in [0.5, 0.6) is 0 Å². The fourth-order valence-corrected chi connectivity index (χ4v) is 0.247. The Balaban J connectivity index is 0. The highest BCUT2D eigenvalue weighted by Gasteiger charge is 2.32. The minimum absolute atomic E-state index is 0.279. The molecule has 96 valence electrons. The molecule has 0 saturated carbocycles.